The first-order valence-corrected chi connectivity index (χ1v) is 17.4. The molecule has 2 aliphatic carbocycles. The van der Waals surface area contributed by atoms with E-state index in [2.05, 4.69) is 20.6 Å². The first-order valence-electron chi connectivity index (χ1n) is 14.9. The SMILES string of the molecule is Cc1nc(NCC2(O)CCCC2)nc(N[C@@H]2C[C@H](CS(=O)(=O)c3cc(F)cc(F)c3)/C(=C\O)[C@H]2O)c1-c1nc2c(C)nccc2s1. The lowest BCUT2D eigenvalue weighted by molar-refractivity contribution is 0.0613. The number of aryl methyl sites for hydroxylation is 2. The molecule has 4 aromatic rings. The molecule has 46 heavy (non-hydrogen) atoms. The number of anilines is 2. The second-order valence-corrected chi connectivity index (χ2v) is 15.1. The van der Waals surface area contributed by atoms with Crippen molar-refractivity contribution in [1.82, 2.24) is 19.9 Å². The van der Waals surface area contributed by atoms with Crippen molar-refractivity contribution >= 4 is 43.2 Å². The van der Waals surface area contributed by atoms with Crippen LogP contribution in [0.1, 0.15) is 43.5 Å². The number of aliphatic hydroxyl groups excluding tert-OH is 2. The molecule has 6 rings (SSSR count). The molecule has 0 spiro atoms. The lowest BCUT2D eigenvalue weighted by Gasteiger charge is -2.24. The standard InChI is InChI=1S/C31H34F2N6O5S2/c1-16-25(29-38-26-17(2)34-8-5-24(26)45-29)28(39-30(36-16)35-15-31(42)6-3-4-7-31)37-23-9-18(22(13-40)27(23)41)14-46(43,44)21-11-19(32)10-20(33)12-21/h5,8,10-13,18,23,27,40-42H,3-4,6-7,9,14-15H2,1-2H3,(H2,35,36,37,39)/b22-13+/t18-,23-,27-/m1/s1. The van der Waals surface area contributed by atoms with E-state index in [1.165, 1.54) is 11.3 Å². The zero-order valence-electron chi connectivity index (χ0n) is 25.2. The van der Waals surface area contributed by atoms with Crippen molar-refractivity contribution in [2.45, 2.75) is 68.6 Å². The molecule has 2 aliphatic rings. The summed E-state index contributed by atoms with van der Waals surface area (Å²) in [6.07, 6.45) is 4.32. The van der Waals surface area contributed by atoms with E-state index in [0.717, 1.165) is 40.9 Å². The van der Waals surface area contributed by atoms with Gasteiger partial charge in [-0.2, -0.15) is 4.98 Å². The van der Waals surface area contributed by atoms with E-state index in [9.17, 15) is 32.5 Å². The highest BCUT2D eigenvalue weighted by molar-refractivity contribution is 7.91. The van der Waals surface area contributed by atoms with Crippen LogP contribution in [-0.4, -0.2) is 73.7 Å². The number of fused-ring (bicyclic) bond motifs is 1. The molecule has 0 radical (unpaired) electrons. The normalized spacial score (nSPS) is 22.1. The van der Waals surface area contributed by atoms with Crippen molar-refractivity contribution in [2.24, 2.45) is 5.92 Å². The minimum atomic E-state index is -4.20. The Morgan fingerprint density at radius 3 is 2.48 bits per heavy atom. The van der Waals surface area contributed by atoms with Crippen LogP contribution in [0.2, 0.25) is 0 Å². The summed E-state index contributed by atoms with van der Waals surface area (Å²) in [6, 6.07) is 3.12. The number of halogens is 2. The minimum Gasteiger partial charge on any atom is -0.516 e. The van der Waals surface area contributed by atoms with Crippen LogP contribution in [0.5, 0.6) is 0 Å². The van der Waals surface area contributed by atoms with Crippen LogP contribution >= 0.6 is 11.3 Å². The smallest absolute Gasteiger partial charge is 0.225 e. The summed E-state index contributed by atoms with van der Waals surface area (Å²) in [5.74, 6) is -2.96. The number of nitrogens with one attached hydrogen (secondary N) is 2. The van der Waals surface area contributed by atoms with Gasteiger partial charge in [0.1, 0.15) is 28.0 Å². The summed E-state index contributed by atoms with van der Waals surface area (Å²) in [7, 11) is -4.20. The number of hydrogen-bond donors (Lipinski definition) is 5. The van der Waals surface area contributed by atoms with E-state index in [0.29, 0.717) is 47.3 Å². The number of nitrogens with zero attached hydrogens (tertiary/aromatic N) is 4. The maximum atomic E-state index is 13.8. The Bertz CT molecular complexity index is 1910. The quantitative estimate of drug-likeness (QED) is 0.154. The maximum Gasteiger partial charge on any atom is 0.225 e. The summed E-state index contributed by atoms with van der Waals surface area (Å²) in [4.78, 5) is 18.0. The predicted molar refractivity (Wildman–Crippen MR) is 170 cm³/mol. The molecule has 11 nitrogen and oxygen atoms in total. The van der Waals surface area contributed by atoms with Gasteiger partial charge in [-0.25, -0.2) is 27.2 Å². The summed E-state index contributed by atoms with van der Waals surface area (Å²) < 4.78 is 54.9. The van der Waals surface area contributed by atoms with Gasteiger partial charge in [0.15, 0.2) is 9.84 Å². The lowest BCUT2D eigenvalue weighted by Crippen LogP contribution is -2.34. The molecule has 2 fully saturated rings. The van der Waals surface area contributed by atoms with Crippen LogP contribution < -0.4 is 10.6 Å². The molecule has 0 bridgehead atoms. The zero-order chi connectivity index (χ0) is 32.8. The van der Waals surface area contributed by atoms with Gasteiger partial charge in [-0.15, -0.1) is 11.3 Å². The van der Waals surface area contributed by atoms with Crippen LogP contribution in [0.3, 0.4) is 0 Å². The van der Waals surface area contributed by atoms with E-state index < -0.39 is 55.8 Å². The first kappa shape index (κ1) is 32.2. The Hall–Kier alpha value is -3.79. The van der Waals surface area contributed by atoms with Gasteiger partial charge in [0, 0.05) is 24.7 Å². The Balaban J connectivity index is 1.33. The molecule has 5 N–H and O–H groups in total. The highest BCUT2D eigenvalue weighted by Gasteiger charge is 2.41. The van der Waals surface area contributed by atoms with Crippen molar-refractivity contribution in [1.29, 1.82) is 0 Å². The molecule has 244 valence electrons. The molecule has 0 aliphatic heterocycles. The number of aromatic nitrogens is 4. The van der Waals surface area contributed by atoms with Crippen LogP contribution in [-0.2, 0) is 9.84 Å². The van der Waals surface area contributed by atoms with Gasteiger partial charge in [0.25, 0.3) is 0 Å². The molecule has 0 unspecified atom stereocenters. The van der Waals surface area contributed by atoms with E-state index in [1.807, 2.05) is 13.0 Å². The van der Waals surface area contributed by atoms with Crippen LogP contribution in [0.4, 0.5) is 20.5 Å². The maximum absolute atomic E-state index is 13.8. The number of hydrogen-bond acceptors (Lipinski definition) is 12. The first-order chi connectivity index (χ1) is 21.9. The molecule has 3 aromatic heterocycles. The van der Waals surface area contributed by atoms with Gasteiger partial charge >= 0.3 is 0 Å². The monoisotopic (exact) mass is 672 g/mol. The van der Waals surface area contributed by atoms with Crippen LogP contribution in [0.25, 0.3) is 20.8 Å². The number of sulfone groups is 1. The number of benzene rings is 1. The number of rotatable bonds is 9. The van der Waals surface area contributed by atoms with E-state index >= 15 is 0 Å². The average molecular weight is 673 g/mol. The van der Waals surface area contributed by atoms with Gasteiger partial charge in [0.2, 0.25) is 5.95 Å². The van der Waals surface area contributed by atoms with Crippen molar-refractivity contribution in [3.63, 3.8) is 0 Å². The fourth-order valence-electron chi connectivity index (χ4n) is 6.33. The van der Waals surface area contributed by atoms with E-state index in [1.54, 1.807) is 13.1 Å². The highest BCUT2D eigenvalue weighted by Crippen LogP contribution is 2.40. The molecular formula is C31H34F2N6O5S2. The molecule has 3 atom stereocenters. The largest absolute Gasteiger partial charge is 0.516 e. The predicted octanol–water partition coefficient (Wildman–Crippen LogP) is 4.84. The second kappa shape index (κ2) is 12.4. The number of pyridine rings is 1. The Kier molecular flexibility index (Phi) is 8.69. The Morgan fingerprint density at radius 2 is 1.80 bits per heavy atom. The second-order valence-electron chi connectivity index (χ2n) is 12.0. The summed E-state index contributed by atoms with van der Waals surface area (Å²) >= 11 is 1.42. The molecule has 0 amide bonds. The number of aliphatic hydroxyl groups is 3. The van der Waals surface area contributed by atoms with Gasteiger partial charge in [-0.3, -0.25) is 4.98 Å². The van der Waals surface area contributed by atoms with Gasteiger partial charge in [-0.1, -0.05) is 12.8 Å². The molecule has 0 saturated heterocycles. The molecular weight excluding hydrogens is 639 g/mol. The van der Waals surface area contributed by atoms with Gasteiger partial charge in [-0.05, 0) is 56.9 Å². The lowest BCUT2D eigenvalue weighted by atomic mass is 10.0. The van der Waals surface area contributed by atoms with Crippen molar-refractivity contribution in [3.05, 3.63) is 65.3 Å². The molecule has 15 heteroatoms. The molecule has 1 aromatic carbocycles. The van der Waals surface area contributed by atoms with E-state index in [4.69, 9.17) is 9.97 Å². The zero-order valence-corrected chi connectivity index (χ0v) is 26.8. The number of thiazole rings is 1. The third kappa shape index (κ3) is 6.41. The highest BCUT2D eigenvalue weighted by atomic mass is 32.2. The summed E-state index contributed by atoms with van der Waals surface area (Å²) in [6.45, 7) is 3.91. The van der Waals surface area contributed by atoms with Crippen molar-refractivity contribution in [3.8, 4) is 10.6 Å². The summed E-state index contributed by atoms with van der Waals surface area (Å²) in [5.41, 5.74) is 1.81. The minimum absolute atomic E-state index is 0.0540. The fourth-order valence-corrected chi connectivity index (χ4v) is 9.07. The third-order valence-corrected chi connectivity index (χ3v) is 11.6. The Morgan fingerprint density at radius 1 is 1.09 bits per heavy atom. The van der Waals surface area contributed by atoms with Crippen molar-refractivity contribution in [2.75, 3.05) is 22.9 Å². The molecule has 2 saturated carbocycles. The molecule has 3 heterocycles. The Labute approximate surface area is 268 Å². The van der Waals surface area contributed by atoms with Crippen molar-refractivity contribution < 1.29 is 32.5 Å². The average Bonchev–Trinajstić information content (AvgIpc) is 3.69. The topological polar surface area (TPSA) is 170 Å². The third-order valence-electron chi connectivity index (χ3n) is 8.72. The van der Waals surface area contributed by atoms with E-state index in [-0.39, 0.29) is 24.5 Å². The fraction of sp³-hybridized carbons (Fsp3) is 0.419. The summed E-state index contributed by atoms with van der Waals surface area (Å²) in [5, 5.41) is 39.2. The van der Waals surface area contributed by atoms with Gasteiger partial charge < -0.3 is 26.0 Å². The van der Waals surface area contributed by atoms with Crippen LogP contribution in [0, 0.1) is 31.4 Å². The van der Waals surface area contributed by atoms with Gasteiger partial charge in [0.05, 0.1) is 56.3 Å². The van der Waals surface area contributed by atoms with Crippen LogP contribution in [0.15, 0.2) is 47.2 Å².